The fourth-order valence-electron chi connectivity index (χ4n) is 1.51. The molecular weight excluding hydrogens is 266 g/mol. The minimum atomic E-state index is -0.143. The molecule has 0 aliphatic rings. The van der Waals surface area contributed by atoms with E-state index < -0.39 is 0 Å². The summed E-state index contributed by atoms with van der Waals surface area (Å²) < 4.78 is 0. The highest BCUT2D eigenvalue weighted by Gasteiger charge is 2.13. The summed E-state index contributed by atoms with van der Waals surface area (Å²) in [6.45, 7) is 0.677. The Kier molecular flexibility index (Phi) is 5.87. The maximum atomic E-state index is 6.08. The van der Waals surface area contributed by atoms with Gasteiger partial charge in [0.05, 0.1) is 10.0 Å². The maximum Gasteiger partial charge on any atom is 0.0641 e. The van der Waals surface area contributed by atoms with Crippen LogP contribution in [0.15, 0.2) is 12.1 Å². The first-order valence-corrected chi connectivity index (χ1v) is 6.29. The molecule has 0 amide bonds. The van der Waals surface area contributed by atoms with Crippen LogP contribution in [-0.4, -0.2) is 6.54 Å². The fraction of sp³-hybridized carbons (Fsp3) is 0.455. The van der Waals surface area contributed by atoms with Crippen molar-refractivity contribution in [2.24, 2.45) is 11.5 Å². The smallest absolute Gasteiger partial charge is 0.0641 e. The lowest BCUT2D eigenvalue weighted by atomic mass is 10.0. The third kappa shape index (κ3) is 3.79. The standard InChI is InChI=1S/C11H15Cl3N2/c12-7-5-8(11(14)9(13)6-7)10(16)3-1-2-4-15/h5-6,10H,1-4,15-16H2/t10-/m0/s1. The van der Waals surface area contributed by atoms with Crippen LogP contribution in [0.1, 0.15) is 30.9 Å². The van der Waals surface area contributed by atoms with Crippen LogP contribution in [0.4, 0.5) is 0 Å². The Morgan fingerprint density at radius 2 is 1.81 bits per heavy atom. The lowest BCUT2D eigenvalue weighted by Crippen LogP contribution is -2.11. The lowest BCUT2D eigenvalue weighted by molar-refractivity contribution is 0.591. The van der Waals surface area contributed by atoms with Gasteiger partial charge in [-0.1, -0.05) is 41.2 Å². The molecular formula is C11H15Cl3N2. The van der Waals surface area contributed by atoms with Gasteiger partial charge in [0.15, 0.2) is 0 Å². The summed E-state index contributed by atoms with van der Waals surface area (Å²) in [5, 5.41) is 1.49. The van der Waals surface area contributed by atoms with Crippen LogP contribution in [0.2, 0.25) is 15.1 Å². The number of unbranched alkanes of at least 4 members (excludes halogenated alkanes) is 1. The van der Waals surface area contributed by atoms with Crippen molar-refractivity contribution in [1.29, 1.82) is 0 Å². The van der Waals surface area contributed by atoms with Crippen LogP contribution in [-0.2, 0) is 0 Å². The van der Waals surface area contributed by atoms with Gasteiger partial charge in [-0.25, -0.2) is 0 Å². The first kappa shape index (κ1) is 14.1. The predicted molar refractivity (Wildman–Crippen MR) is 71.3 cm³/mol. The third-order valence-corrected chi connectivity index (χ3v) is 3.42. The van der Waals surface area contributed by atoms with Crippen LogP contribution in [0.25, 0.3) is 0 Å². The molecule has 0 unspecified atom stereocenters. The zero-order valence-electron chi connectivity index (χ0n) is 8.85. The third-order valence-electron chi connectivity index (χ3n) is 2.39. The highest BCUT2D eigenvalue weighted by molar-refractivity contribution is 6.43. The Hall–Kier alpha value is 0.01000. The number of hydrogen-bond donors (Lipinski definition) is 2. The number of rotatable bonds is 5. The molecule has 0 radical (unpaired) electrons. The zero-order chi connectivity index (χ0) is 12.1. The van der Waals surface area contributed by atoms with Crippen molar-refractivity contribution in [3.05, 3.63) is 32.8 Å². The molecule has 5 heteroatoms. The zero-order valence-corrected chi connectivity index (χ0v) is 11.1. The molecule has 0 aliphatic heterocycles. The van der Waals surface area contributed by atoms with Crippen LogP contribution < -0.4 is 11.5 Å². The van der Waals surface area contributed by atoms with E-state index in [1.54, 1.807) is 12.1 Å². The molecule has 0 bridgehead atoms. The van der Waals surface area contributed by atoms with Gasteiger partial charge in [-0.3, -0.25) is 0 Å². The molecule has 4 N–H and O–H groups in total. The molecule has 1 aromatic carbocycles. The normalized spacial score (nSPS) is 12.8. The molecule has 0 aliphatic carbocycles. The van der Waals surface area contributed by atoms with E-state index in [0.29, 0.717) is 21.6 Å². The van der Waals surface area contributed by atoms with Crippen LogP contribution in [0, 0.1) is 0 Å². The largest absolute Gasteiger partial charge is 0.330 e. The molecule has 0 fully saturated rings. The van der Waals surface area contributed by atoms with Gasteiger partial charge in [0.2, 0.25) is 0 Å². The second-order valence-corrected chi connectivity index (χ2v) is 4.90. The molecule has 1 aromatic rings. The molecule has 1 atom stereocenters. The maximum absolute atomic E-state index is 6.08. The van der Waals surface area contributed by atoms with E-state index in [0.717, 1.165) is 24.8 Å². The Bertz CT molecular complexity index is 355. The molecule has 2 nitrogen and oxygen atoms in total. The van der Waals surface area contributed by atoms with Gasteiger partial charge < -0.3 is 11.5 Å². The molecule has 0 aromatic heterocycles. The van der Waals surface area contributed by atoms with Gasteiger partial charge in [-0.15, -0.1) is 0 Å². The van der Waals surface area contributed by atoms with Gasteiger partial charge in [-0.05, 0) is 37.1 Å². The monoisotopic (exact) mass is 280 g/mol. The van der Waals surface area contributed by atoms with E-state index in [9.17, 15) is 0 Å². The molecule has 0 spiro atoms. The molecule has 0 saturated carbocycles. The summed E-state index contributed by atoms with van der Waals surface area (Å²) >= 11 is 17.9. The van der Waals surface area contributed by atoms with Crippen molar-refractivity contribution in [3.8, 4) is 0 Å². The first-order chi connectivity index (χ1) is 7.56. The molecule has 1 rings (SSSR count). The van der Waals surface area contributed by atoms with Gasteiger partial charge in [0.1, 0.15) is 0 Å². The van der Waals surface area contributed by atoms with Gasteiger partial charge in [0, 0.05) is 11.1 Å². The molecule has 0 heterocycles. The minimum Gasteiger partial charge on any atom is -0.330 e. The highest BCUT2D eigenvalue weighted by Crippen LogP contribution is 2.34. The SMILES string of the molecule is NCCCC[C@H](N)c1cc(Cl)cc(Cl)c1Cl. The lowest BCUT2D eigenvalue weighted by Gasteiger charge is -2.14. The van der Waals surface area contributed by atoms with E-state index in [2.05, 4.69) is 0 Å². The van der Waals surface area contributed by atoms with E-state index in [1.807, 2.05) is 0 Å². The predicted octanol–water partition coefficient (Wildman–Crippen LogP) is 3.78. The molecule has 90 valence electrons. The van der Waals surface area contributed by atoms with E-state index >= 15 is 0 Å². The van der Waals surface area contributed by atoms with Gasteiger partial charge in [-0.2, -0.15) is 0 Å². The number of benzene rings is 1. The minimum absolute atomic E-state index is 0.143. The van der Waals surface area contributed by atoms with Crippen molar-refractivity contribution < 1.29 is 0 Å². The Morgan fingerprint density at radius 3 is 2.44 bits per heavy atom. The van der Waals surface area contributed by atoms with Crippen molar-refractivity contribution in [2.45, 2.75) is 25.3 Å². The first-order valence-electron chi connectivity index (χ1n) is 5.16. The van der Waals surface area contributed by atoms with E-state index in [4.69, 9.17) is 46.3 Å². The van der Waals surface area contributed by atoms with Crippen molar-refractivity contribution >= 4 is 34.8 Å². The van der Waals surface area contributed by atoms with Crippen LogP contribution in [0.5, 0.6) is 0 Å². The average Bonchev–Trinajstić information content (AvgIpc) is 2.23. The van der Waals surface area contributed by atoms with Crippen LogP contribution >= 0.6 is 34.8 Å². The number of halogens is 3. The van der Waals surface area contributed by atoms with Crippen molar-refractivity contribution in [1.82, 2.24) is 0 Å². The Labute approximate surface area is 111 Å². The Balaban J connectivity index is 2.78. The summed E-state index contributed by atoms with van der Waals surface area (Å²) in [7, 11) is 0. The summed E-state index contributed by atoms with van der Waals surface area (Å²) in [5.74, 6) is 0. The number of hydrogen-bond acceptors (Lipinski definition) is 2. The molecule has 16 heavy (non-hydrogen) atoms. The second-order valence-electron chi connectivity index (χ2n) is 3.68. The summed E-state index contributed by atoms with van der Waals surface area (Å²) in [6, 6.07) is 3.24. The number of nitrogens with two attached hydrogens (primary N) is 2. The second kappa shape index (κ2) is 6.67. The highest BCUT2D eigenvalue weighted by atomic mass is 35.5. The topological polar surface area (TPSA) is 52.0 Å². The molecule has 0 saturated heterocycles. The summed E-state index contributed by atoms with van der Waals surface area (Å²) in [5.41, 5.74) is 12.3. The van der Waals surface area contributed by atoms with Gasteiger partial charge >= 0.3 is 0 Å². The summed E-state index contributed by atoms with van der Waals surface area (Å²) in [6.07, 6.45) is 2.76. The van der Waals surface area contributed by atoms with Gasteiger partial charge in [0.25, 0.3) is 0 Å². The quantitative estimate of drug-likeness (QED) is 0.637. The summed E-state index contributed by atoms with van der Waals surface area (Å²) in [4.78, 5) is 0. The Morgan fingerprint density at radius 1 is 1.12 bits per heavy atom. The van der Waals surface area contributed by atoms with E-state index in [-0.39, 0.29) is 6.04 Å². The van der Waals surface area contributed by atoms with Crippen molar-refractivity contribution in [3.63, 3.8) is 0 Å². The van der Waals surface area contributed by atoms with Crippen LogP contribution in [0.3, 0.4) is 0 Å². The fourth-order valence-corrected chi connectivity index (χ4v) is 2.27. The van der Waals surface area contributed by atoms with Crippen molar-refractivity contribution in [2.75, 3.05) is 6.54 Å². The average molecular weight is 282 g/mol. The van der Waals surface area contributed by atoms with E-state index in [1.165, 1.54) is 0 Å².